The molecule has 7 heteroatoms. The summed E-state index contributed by atoms with van der Waals surface area (Å²) < 4.78 is 10.8. The Kier molecular flexibility index (Phi) is 3.60. The van der Waals surface area contributed by atoms with Gasteiger partial charge in [0.25, 0.3) is 5.69 Å². The summed E-state index contributed by atoms with van der Waals surface area (Å²) in [6.07, 6.45) is 2.24. The van der Waals surface area contributed by atoms with E-state index in [-0.39, 0.29) is 5.69 Å². The maximum Gasteiger partial charge on any atom is 0.296 e. The molecule has 0 aliphatic carbocycles. The van der Waals surface area contributed by atoms with Gasteiger partial charge < -0.3 is 20.1 Å². The van der Waals surface area contributed by atoms with Gasteiger partial charge in [-0.05, 0) is 19.4 Å². The van der Waals surface area contributed by atoms with Crippen molar-refractivity contribution in [3.05, 3.63) is 22.2 Å². The lowest BCUT2D eigenvalue weighted by Gasteiger charge is -2.20. The van der Waals surface area contributed by atoms with Gasteiger partial charge in [0.2, 0.25) is 0 Å². The molecule has 0 bridgehead atoms. The van der Waals surface area contributed by atoms with Gasteiger partial charge >= 0.3 is 0 Å². The summed E-state index contributed by atoms with van der Waals surface area (Å²) in [6, 6.07) is 3.45. The van der Waals surface area contributed by atoms with E-state index in [1.807, 2.05) is 0 Å². The molecule has 2 aliphatic heterocycles. The lowest BCUT2D eigenvalue weighted by molar-refractivity contribution is -0.384. The minimum Gasteiger partial charge on any atom is -0.486 e. The van der Waals surface area contributed by atoms with E-state index >= 15 is 0 Å². The molecule has 2 aliphatic rings. The van der Waals surface area contributed by atoms with E-state index in [1.165, 1.54) is 6.07 Å². The molecule has 0 aromatic heterocycles. The Hall–Kier alpha value is -2.02. The third-order valence-electron chi connectivity index (χ3n) is 3.56. The van der Waals surface area contributed by atoms with Crippen molar-refractivity contribution in [1.29, 1.82) is 0 Å². The summed E-state index contributed by atoms with van der Waals surface area (Å²) in [7, 11) is 0. The third kappa shape index (κ3) is 2.62. The minimum absolute atomic E-state index is 0.0206. The number of fused-ring (bicyclic) bond motifs is 1. The third-order valence-corrected chi connectivity index (χ3v) is 3.56. The summed E-state index contributed by atoms with van der Waals surface area (Å²) in [6.45, 7) is 2.56. The zero-order valence-electron chi connectivity index (χ0n) is 11.1. The number of hydrogen-bond donors (Lipinski definition) is 2. The quantitative estimate of drug-likeness (QED) is 0.642. The summed E-state index contributed by atoms with van der Waals surface area (Å²) in [5, 5.41) is 17.7. The van der Waals surface area contributed by atoms with E-state index in [9.17, 15) is 10.1 Å². The second-order valence-corrected chi connectivity index (χ2v) is 4.94. The van der Waals surface area contributed by atoms with Gasteiger partial charge in [-0.25, -0.2) is 0 Å². The molecule has 0 radical (unpaired) electrons. The van der Waals surface area contributed by atoms with Gasteiger partial charge in [0.1, 0.15) is 18.9 Å². The Morgan fingerprint density at radius 1 is 1.35 bits per heavy atom. The van der Waals surface area contributed by atoms with Crippen molar-refractivity contribution in [2.45, 2.75) is 18.9 Å². The van der Waals surface area contributed by atoms with Gasteiger partial charge in [0, 0.05) is 18.7 Å². The van der Waals surface area contributed by atoms with Gasteiger partial charge in [-0.15, -0.1) is 0 Å². The number of nitrogens with zero attached hydrogens (tertiary/aromatic N) is 1. The molecule has 0 spiro atoms. The first-order chi connectivity index (χ1) is 9.74. The highest BCUT2D eigenvalue weighted by Crippen LogP contribution is 2.39. The fourth-order valence-electron chi connectivity index (χ4n) is 2.53. The topological polar surface area (TPSA) is 85.7 Å². The van der Waals surface area contributed by atoms with Crippen molar-refractivity contribution in [1.82, 2.24) is 5.32 Å². The fraction of sp³-hybridized carbons (Fsp3) is 0.538. The summed E-state index contributed by atoms with van der Waals surface area (Å²) >= 11 is 0. The molecule has 20 heavy (non-hydrogen) atoms. The predicted octanol–water partition coefficient (Wildman–Crippen LogP) is 1.53. The second kappa shape index (κ2) is 5.54. The molecular weight excluding hydrogens is 262 g/mol. The molecule has 1 unspecified atom stereocenters. The first kappa shape index (κ1) is 13.0. The van der Waals surface area contributed by atoms with Crippen LogP contribution in [0.3, 0.4) is 0 Å². The molecule has 2 heterocycles. The Balaban J connectivity index is 1.81. The van der Waals surface area contributed by atoms with Crippen LogP contribution in [0.2, 0.25) is 0 Å². The van der Waals surface area contributed by atoms with Crippen LogP contribution < -0.4 is 20.1 Å². The van der Waals surface area contributed by atoms with Crippen molar-refractivity contribution in [3.8, 4) is 11.5 Å². The number of nitro groups is 1. The fourth-order valence-corrected chi connectivity index (χ4v) is 2.53. The minimum atomic E-state index is -0.400. The first-order valence-corrected chi connectivity index (χ1v) is 6.79. The number of rotatable bonds is 4. The average Bonchev–Trinajstić information content (AvgIpc) is 2.97. The van der Waals surface area contributed by atoms with Crippen molar-refractivity contribution in [2.75, 3.05) is 31.6 Å². The smallest absolute Gasteiger partial charge is 0.296 e. The van der Waals surface area contributed by atoms with Crippen LogP contribution in [0.1, 0.15) is 12.8 Å². The number of ether oxygens (including phenoxy) is 2. The van der Waals surface area contributed by atoms with E-state index in [4.69, 9.17) is 9.47 Å². The maximum atomic E-state index is 11.2. The normalized spacial score (nSPS) is 20.7. The van der Waals surface area contributed by atoms with E-state index in [1.54, 1.807) is 6.07 Å². The molecule has 2 N–H and O–H groups in total. The molecule has 0 amide bonds. The van der Waals surface area contributed by atoms with Crippen LogP contribution in [0.5, 0.6) is 11.5 Å². The van der Waals surface area contributed by atoms with E-state index < -0.39 is 4.92 Å². The van der Waals surface area contributed by atoms with Crippen LogP contribution in [0, 0.1) is 10.1 Å². The Labute approximate surface area is 116 Å². The Morgan fingerprint density at radius 2 is 2.10 bits per heavy atom. The predicted molar refractivity (Wildman–Crippen MR) is 73.6 cm³/mol. The number of nitrogens with one attached hydrogen (secondary N) is 2. The SMILES string of the molecule is O=[N+]([O-])c1cc2c(cc1NCC1CCCN1)OCCO2. The van der Waals surface area contributed by atoms with Crippen LogP contribution in [-0.4, -0.2) is 37.3 Å². The van der Waals surface area contributed by atoms with Crippen LogP contribution in [0.25, 0.3) is 0 Å². The first-order valence-electron chi connectivity index (χ1n) is 6.79. The highest BCUT2D eigenvalue weighted by molar-refractivity contribution is 5.68. The Morgan fingerprint density at radius 3 is 2.75 bits per heavy atom. The highest BCUT2D eigenvalue weighted by atomic mass is 16.6. The van der Waals surface area contributed by atoms with E-state index in [0.29, 0.717) is 43.0 Å². The standard InChI is InChI=1S/C13H17N3O4/c17-16(18)11-7-13-12(19-4-5-20-13)6-10(11)15-8-9-2-1-3-14-9/h6-7,9,14-15H,1-5,8H2. The summed E-state index contributed by atoms with van der Waals surface area (Å²) in [4.78, 5) is 10.8. The molecule has 1 aromatic carbocycles. The molecule has 1 fully saturated rings. The van der Waals surface area contributed by atoms with Gasteiger partial charge in [0.05, 0.1) is 11.0 Å². The summed E-state index contributed by atoms with van der Waals surface area (Å²) in [5.41, 5.74) is 0.500. The lowest BCUT2D eigenvalue weighted by Crippen LogP contribution is -2.29. The lowest BCUT2D eigenvalue weighted by atomic mass is 10.2. The van der Waals surface area contributed by atoms with Crippen LogP contribution in [0.4, 0.5) is 11.4 Å². The van der Waals surface area contributed by atoms with Crippen molar-refractivity contribution >= 4 is 11.4 Å². The molecular formula is C13H17N3O4. The second-order valence-electron chi connectivity index (χ2n) is 4.94. The monoisotopic (exact) mass is 279 g/mol. The van der Waals surface area contributed by atoms with Crippen LogP contribution >= 0.6 is 0 Å². The maximum absolute atomic E-state index is 11.2. The van der Waals surface area contributed by atoms with Gasteiger partial charge in [0.15, 0.2) is 11.5 Å². The van der Waals surface area contributed by atoms with E-state index in [0.717, 1.165) is 19.4 Å². The van der Waals surface area contributed by atoms with Crippen LogP contribution in [0.15, 0.2) is 12.1 Å². The van der Waals surface area contributed by atoms with Crippen molar-refractivity contribution in [2.24, 2.45) is 0 Å². The highest BCUT2D eigenvalue weighted by Gasteiger charge is 2.23. The average molecular weight is 279 g/mol. The van der Waals surface area contributed by atoms with Crippen LogP contribution in [-0.2, 0) is 0 Å². The molecule has 1 aromatic rings. The molecule has 7 nitrogen and oxygen atoms in total. The number of nitro benzene ring substituents is 1. The number of benzene rings is 1. The zero-order valence-corrected chi connectivity index (χ0v) is 11.1. The largest absolute Gasteiger partial charge is 0.486 e. The van der Waals surface area contributed by atoms with Gasteiger partial charge in [-0.2, -0.15) is 0 Å². The number of anilines is 1. The molecule has 0 saturated carbocycles. The molecule has 1 saturated heterocycles. The molecule has 3 rings (SSSR count). The molecule has 1 atom stereocenters. The zero-order chi connectivity index (χ0) is 13.9. The van der Waals surface area contributed by atoms with Gasteiger partial charge in [-0.1, -0.05) is 0 Å². The van der Waals surface area contributed by atoms with Crippen molar-refractivity contribution < 1.29 is 14.4 Å². The Bertz CT molecular complexity index is 515. The molecule has 108 valence electrons. The van der Waals surface area contributed by atoms with Gasteiger partial charge in [-0.3, -0.25) is 10.1 Å². The number of hydrogen-bond acceptors (Lipinski definition) is 6. The summed E-state index contributed by atoms with van der Waals surface area (Å²) in [5.74, 6) is 0.997. The van der Waals surface area contributed by atoms with Crippen molar-refractivity contribution in [3.63, 3.8) is 0 Å². The van der Waals surface area contributed by atoms with E-state index in [2.05, 4.69) is 10.6 Å².